The highest BCUT2D eigenvalue weighted by Crippen LogP contribution is 2.18. The maximum Gasteiger partial charge on any atom is 0.308 e. The molecule has 0 atom stereocenters. The Morgan fingerprint density at radius 2 is 1.71 bits per heavy atom. The predicted molar refractivity (Wildman–Crippen MR) is 102 cm³/mol. The van der Waals surface area contributed by atoms with Crippen molar-refractivity contribution in [2.45, 2.75) is 25.8 Å². The van der Waals surface area contributed by atoms with Gasteiger partial charge in [0.2, 0.25) is 0 Å². The van der Waals surface area contributed by atoms with Crippen molar-refractivity contribution in [2.24, 2.45) is 0 Å². The van der Waals surface area contributed by atoms with Crippen LogP contribution in [-0.4, -0.2) is 46.9 Å². The van der Waals surface area contributed by atoms with Gasteiger partial charge in [-0.3, -0.25) is 14.4 Å². The van der Waals surface area contributed by atoms with Gasteiger partial charge in [-0.15, -0.1) is 0 Å². The molecule has 1 heterocycles. The molecule has 1 fully saturated rings. The summed E-state index contributed by atoms with van der Waals surface area (Å²) in [6, 6.07) is 12.7. The van der Waals surface area contributed by atoms with Crippen molar-refractivity contribution in [3.8, 4) is 11.5 Å². The lowest BCUT2D eigenvalue weighted by Crippen LogP contribution is -2.46. The predicted octanol–water partition coefficient (Wildman–Crippen LogP) is 2.35. The number of nitrogens with one attached hydrogen (secondary N) is 1. The van der Waals surface area contributed by atoms with Crippen LogP contribution in [-0.2, 0) is 4.79 Å². The average molecular weight is 382 g/mol. The minimum atomic E-state index is -0.443. The van der Waals surface area contributed by atoms with E-state index in [1.807, 2.05) is 0 Å². The summed E-state index contributed by atoms with van der Waals surface area (Å²) in [6.07, 6.45) is 1.28. The van der Waals surface area contributed by atoms with E-state index in [9.17, 15) is 19.5 Å². The lowest BCUT2D eigenvalue weighted by Gasteiger charge is -2.32. The van der Waals surface area contributed by atoms with Crippen molar-refractivity contribution in [3.63, 3.8) is 0 Å². The van der Waals surface area contributed by atoms with Crippen molar-refractivity contribution < 1.29 is 24.2 Å². The van der Waals surface area contributed by atoms with Gasteiger partial charge in [-0.2, -0.15) is 0 Å². The second-order valence-corrected chi connectivity index (χ2v) is 6.71. The number of benzene rings is 2. The summed E-state index contributed by atoms with van der Waals surface area (Å²) in [5, 5.41) is 12.5. The lowest BCUT2D eigenvalue weighted by molar-refractivity contribution is -0.131. The van der Waals surface area contributed by atoms with Crippen LogP contribution in [0.2, 0.25) is 0 Å². The van der Waals surface area contributed by atoms with E-state index in [0.717, 1.165) is 0 Å². The number of phenolic OH excluding ortho intramolecular Hbond substituents is 1. The van der Waals surface area contributed by atoms with E-state index in [1.165, 1.54) is 25.1 Å². The van der Waals surface area contributed by atoms with Crippen LogP contribution in [0.4, 0.5) is 0 Å². The highest BCUT2D eigenvalue weighted by atomic mass is 16.5. The van der Waals surface area contributed by atoms with Crippen LogP contribution in [0, 0.1) is 0 Å². The Morgan fingerprint density at radius 1 is 1.04 bits per heavy atom. The molecule has 2 aromatic rings. The van der Waals surface area contributed by atoms with Crippen LogP contribution in [0.25, 0.3) is 0 Å². The van der Waals surface area contributed by atoms with Gasteiger partial charge in [0, 0.05) is 37.2 Å². The Kier molecular flexibility index (Phi) is 5.93. The molecule has 7 nitrogen and oxygen atoms in total. The Bertz CT molecular complexity index is 888. The Labute approximate surface area is 162 Å². The van der Waals surface area contributed by atoms with Crippen LogP contribution in [0.1, 0.15) is 40.5 Å². The molecule has 1 aliphatic rings. The number of phenols is 1. The Morgan fingerprint density at radius 3 is 2.39 bits per heavy atom. The molecule has 0 unspecified atom stereocenters. The number of hydrogen-bond acceptors (Lipinski definition) is 5. The molecule has 2 N–H and O–H groups in total. The zero-order valence-corrected chi connectivity index (χ0v) is 15.6. The molecule has 0 radical (unpaired) electrons. The van der Waals surface area contributed by atoms with E-state index < -0.39 is 5.97 Å². The molecular weight excluding hydrogens is 360 g/mol. The molecule has 0 bridgehead atoms. The first-order chi connectivity index (χ1) is 13.4. The third-order valence-electron chi connectivity index (χ3n) is 4.57. The highest BCUT2D eigenvalue weighted by molar-refractivity contribution is 5.95. The first-order valence-electron chi connectivity index (χ1n) is 9.10. The fourth-order valence-corrected chi connectivity index (χ4v) is 3.18. The summed E-state index contributed by atoms with van der Waals surface area (Å²) in [5.41, 5.74) is 0.863. The summed E-state index contributed by atoms with van der Waals surface area (Å²) >= 11 is 0. The number of likely N-dealkylation sites (tertiary alicyclic amines) is 1. The molecular formula is C21H22N2O5. The lowest BCUT2D eigenvalue weighted by atomic mass is 10.0. The molecule has 0 aliphatic carbocycles. The van der Waals surface area contributed by atoms with Gasteiger partial charge < -0.3 is 20.1 Å². The third kappa shape index (κ3) is 4.88. The fourth-order valence-electron chi connectivity index (χ4n) is 3.18. The van der Waals surface area contributed by atoms with Gasteiger partial charge >= 0.3 is 5.97 Å². The van der Waals surface area contributed by atoms with Crippen LogP contribution >= 0.6 is 0 Å². The molecule has 1 aliphatic heterocycles. The molecule has 3 rings (SSSR count). The molecule has 146 valence electrons. The van der Waals surface area contributed by atoms with Gasteiger partial charge in [0.25, 0.3) is 11.8 Å². The molecule has 2 amide bonds. The van der Waals surface area contributed by atoms with Crippen molar-refractivity contribution >= 4 is 17.8 Å². The summed E-state index contributed by atoms with van der Waals surface area (Å²) in [7, 11) is 0. The number of ether oxygens (including phenoxy) is 1. The van der Waals surface area contributed by atoms with E-state index in [4.69, 9.17) is 4.74 Å². The molecule has 1 saturated heterocycles. The van der Waals surface area contributed by atoms with Crippen molar-refractivity contribution in [1.29, 1.82) is 0 Å². The maximum absolute atomic E-state index is 12.5. The number of carbonyl (C=O) groups is 3. The number of hydrogen-bond donors (Lipinski definition) is 2. The first-order valence-corrected chi connectivity index (χ1v) is 9.10. The van der Waals surface area contributed by atoms with Crippen LogP contribution in [0.5, 0.6) is 11.5 Å². The van der Waals surface area contributed by atoms with Gasteiger partial charge in [0.15, 0.2) is 0 Å². The van der Waals surface area contributed by atoms with Gasteiger partial charge in [-0.05, 0) is 49.2 Å². The number of rotatable bonds is 4. The standard InChI is InChI=1S/C21H22N2O5/c1-14(24)28-19-7-3-4-15(13-19)20(26)22-17-8-10-23(11-9-17)21(27)16-5-2-6-18(25)12-16/h2-7,12-13,17,25H,8-11H2,1H3,(H,22,26). The zero-order valence-electron chi connectivity index (χ0n) is 15.6. The minimum Gasteiger partial charge on any atom is -0.508 e. The van der Waals surface area contributed by atoms with E-state index in [-0.39, 0.29) is 23.6 Å². The second-order valence-electron chi connectivity index (χ2n) is 6.71. The van der Waals surface area contributed by atoms with Gasteiger partial charge in [0.05, 0.1) is 0 Å². The largest absolute Gasteiger partial charge is 0.508 e. The maximum atomic E-state index is 12.5. The second kappa shape index (κ2) is 8.56. The van der Waals surface area contributed by atoms with E-state index in [0.29, 0.717) is 42.8 Å². The summed E-state index contributed by atoms with van der Waals surface area (Å²) in [6.45, 7) is 2.35. The number of esters is 1. The summed E-state index contributed by atoms with van der Waals surface area (Å²) in [5.74, 6) is -0.432. The van der Waals surface area contributed by atoms with Crippen LogP contribution in [0.3, 0.4) is 0 Å². The molecule has 7 heteroatoms. The summed E-state index contributed by atoms with van der Waals surface area (Å²) < 4.78 is 5.00. The topological polar surface area (TPSA) is 95.9 Å². The molecule has 0 aromatic heterocycles. The Hall–Kier alpha value is -3.35. The first kappa shape index (κ1) is 19.4. The molecule has 28 heavy (non-hydrogen) atoms. The molecule has 0 spiro atoms. The van der Waals surface area contributed by atoms with Crippen molar-refractivity contribution in [1.82, 2.24) is 10.2 Å². The fraction of sp³-hybridized carbons (Fsp3) is 0.286. The van der Waals surface area contributed by atoms with Crippen LogP contribution in [0.15, 0.2) is 48.5 Å². The van der Waals surface area contributed by atoms with Gasteiger partial charge in [-0.1, -0.05) is 12.1 Å². The number of aromatic hydroxyl groups is 1. The smallest absolute Gasteiger partial charge is 0.308 e. The SMILES string of the molecule is CC(=O)Oc1cccc(C(=O)NC2CCN(C(=O)c3cccc(O)c3)CC2)c1. The molecule has 2 aromatic carbocycles. The van der Waals surface area contributed by atoms with E-state index in [2.05, 4.69) is 5.32 Å². The van der Waals surface area contributed by atoms with E-state index >= 15 is 0 Å². The molecule has 0 saturated carbocycles. The average Bonchev–Trinajstić information content (AvgIpc) is 2.68. The quantitative estimate of drug-likeness (QED) is 0.625. The van der Waals surface area contributed by atoms with Crippen molar-refractivity contribution in [3.05, 3.63) is 59.7 Å². The zero-order chi connectivity index (χ0) is 20.1. The van der Waals surface area contributed by atoms with Crippen molar-refractivity contribution in [2.75, 3.05) is 13.1 Å². The van der Waals surface area contributed by atoms with E-state index in [1.54, 1.807) is 35.2 Å². The number of piperidine rings is 1. The number of carbonyl (C=O) groups excluding carboxylic acids is 3. The highest BCUT2D eigenvalue weighted by Gasteiger charge is 2.25. The monoisotopic (exact) mass is 382 g/mol. The normalized spacial score (nSPS) is 14.4. The van der Waals surface area contributed by atoms with Gasteiger partial charge in [0.1, 0.15) is 11.5 Å². The third-order valence-corrected chi connectivity index (χ3v) is 4.57. The number of amides is 2. The van der Waals surface area contributed by atoms with Crippen LogP contribution < -0.4 is 10.1 Å². The minimum absolute atomic E-state index is 0.0434. The number of nitrogens with zero attached hydrogens (tertiary/aromatic N) is 1. The Balaban J connectivity index is 1.55. The summed E-state index contributed by atoms with van der Waals surface area (Å²) in [4.78, 5) is 37.7. The van der Waals surface area contributed by atoms with Gasteiger partial charge in [-0.25, -0.2) is 0 Å².